The molecule has 0 radical (unpaired) electrons. The molecule has 0 N–H and O–H groups in total. The molecule has 0 amide bonds. The zero-order valence-corrected chi connectivity index (χ0v) is 26.4. The molecule has 1 aliphatic heterocycles. The van der Waals surface area contributed by atoms with Gasteiger partial charge in [0.2, 0.25) is 0 Å². The Morgan fingerprint density at radius 2 is 0.522 bits per heavy atom. The third-order valence-electron chi connectivity index (χ3n) is 8.47. The van der Waals surface area contributed by atoms with Crippen molar-refractivity contribution >= 4 is 46.4 Å². The van der Waals surface area contributed by atoms with Crippen LogP contribution in [0.1, 0.15) is 11.1 Å². The summed E-state index contributed by atoms with van der Waals surface area (Å²) in [7, 11) is -5.57. The molecule has 0 saturated heterocycles. The Morgan fingerprint density at radius 1 is 0.283 bits per heavy atom. The second-order valence-electron chi connectivity index (χ2n) is 11.1. The molecule has 1 heterocycles. The van der Waals surface area contributed by atoms with Gasteiger partial charge in [0.05, 0.1) is 0 Å². The van der Waals surface area contributed by atoms with E-state index >= 15 is 0 Å². The molecule has 0 aromatic heterocycles. The van der Waals surface area contributed by atoms with E-state index in [0.29, 0.717) is 0 Å². The number of halogens is 4. The Hall–Kier alpha value is -4.62. The highest BCUT2D eigenvalue weighted by molar-refractivity contribution is 8.07. The lowest BCUT2D eigenvalue weighted by Gasteiger charge is -2.35. The standard InChI is InChI=1S/C40H28F4P2/c41-31-11-19-35(20-12-31)45(36-21-13-32(42)14-22-36)28-40(30-9-5-2-6-10-30)46(37-23-15-33(43)16-24-37,38-25-17-34(44)18-26-38)27-39(45)29-7-3-1-4-8-29/h1-28H/q+2. The molecular formula is C40H28F4P2+2. The van der Waals surface area contributed by atoms with Crippen LogP contribution >= 0.6 is 14.5 Å². The first-order valence-electron chi connectivity index (χ1n) is 14.8. The van der Waals surface area contributed by atoms with Crippen LogP contribution < -0.4 is 21.2 Å². The molecule has 6 heteroatoms. The lowest BCUT2D eigenvalue weighted by Crippen LogP contribution is -2.29. The normalized spacial score (nSPS) is 15.1. The van der Waals surface area contributed by atoms with Crippen LogP contribution in [0.5, 0.6) is 0 Å². The Kier molecular flexibility index (Phi) is 8.03. The Bertz CT molecular complexity index is 1790. The summed E-state index contributed by atoms with van der Waals surface area (Å²) >= 11 is 0. The zero-order valence-electron chi connectivity index (χ0n) is 24.6. The molecule has 0 aliphatic carbocycles. The second-order valence-corrected chi connectivity index (χ2v) is 17.5. The summed E-state index contributed by atoms with van der Waals surface area (Å²) < 4.78 is 58.0. The zero-order chi connectivity index (χ0) is 31.7. The minimum absolute atomic E-state index is 0.352. The van der Waals surface area contributed by atoms with E-state index in [2.05, 4.69) is 35.9 Å². The molecule has 0 saturated carbocycles. The van der Waals surface area contributed by atoms with Crippen molar-refractivity contribution in [3.05, 3.63) is 204 Å². The van der Waals surface area contributed by atoms with Gasteiger partial charge in [0.25, 0.3) is 0 Å². The molecule has 7 rings (SSSR count). The van der Waals surface area contributed by atoms with E-state index in [1.807, 2.05) is 84.9 Å². The van der Waals surface area contributed by atoms with Crippen LogP contribution in [0.3, 0.4) is 0 Å². The Labute approximate surface area is 267 Å². The molecule has 6 aromatic carbocycles. The van der Waals surface area contributed by atoms with E-state index in [4.69, 9.17) is 0 Å². The van der Waals surface area contributed by atoms with Gasteiger partial charge in [-0.25, -0.2) is 17.6 Å². The van der Waals surface area contributed by atoms with Crippen LogP contribution in [0, 0.1) is 23.3 Å². The topological polar surface area (TPSA) is 0 Å². The van der Waals surface area contributed by atoms with Crippen molar-refractivity contribution in [1.29, 1.82) is 0 Å². The largest absolute Gasteiger partial charge is 0.207 e. The molecule has 0 unspecified atom stereocenters. The van der Waals surface area contributed by atoms with Crippen LogP contribution in [0.15, 0.2) is 169 Å². The van der Waals surface area contributed by atoms with Crippen molar-refractivity contribution in [1.82, 2.24) is 0 Å². The molecule has 0 bridgehead atoms. The predicted molar refractivity (Wildman–Crippen MR) is 187 cm³/mol. The van der Waals surface area contributed by atoms with Gasteiger partial charge in [-0.15, -0.1) is 0 Å². The van der Waals surface area contributed by atoms with E-state index in [1.165, 1.54) is 48.5 Å². The summed E-state index contributed by atoms with van der Waals surface area (Å²) in [6.45, 7) is 0. The van der Waals surface area contributed by atoms with Gasteiger partial charge < -0.3 is 0 Å². The monoisotopic (exact) mass is 646 g/mol. The first-order valence-corrected chi connectivity index (χ1v) is 18.5. The number of hydrogen-bond donors (Lipinski definition) is 0. The second kappa shape index (κ2) is 12.3. The molecule has 0 fully saturated rings. The van der Waals surface area contributed by atoms with Crippen LogP contribution in [-0.2, 0) is 0 Å². The van der Waals surface area contributed by atoms with Gasteiger partial charge in [0.1, 0.15) is 70.6 Å². The summed E-state index contributed by atoms with van der Waals surface area (Å²) in [6, 6.07) is 46.4. The molecule has 0 atom stereocenters. The number of hydrogen-bond acceptors (Lipinski definition) is 0. The van der Waals surface area contributed by atoms with Crippen LogP contribution in [0.25, 0.3) is 10.6 Å². The third kappa shape index (κ3) is 5.22. The Balaban J connectivity index is 1.70. The van der Waals surface area contributed by atoms with Gasteiger partial charge in [-0.05, 0) is 97.1 Å². The first-order chi connectivity index (χ1) is 22.4. The SMILES string of the molecule is Fc1ccc([P+]2(c3ccc(F)cc3)C=C(c3ccccc3)[P+](c3ccc(F)cc3)(c3ccc(F)cc3)C=C2c2ccccc2)cc1. The lowest BCUT2D eigenvalue weighted by atomic mass is 10.2. The van der Waals surface area contributed by atoms with Crippen LogP contribution in [0.2, 0.25) is 0 Å². The smallest absolute Gasteiger partial charge is 0.152 e. The average molecular weight is 647 g/mol. The summed E-state index contributed by atoms with van der Waals surface area (Å²) in [5.41, 5.74) is 1.92. The van der Waals surface area contributed by atoms with E-state index < -0.39 is 14.5 Å². The van der Waals surface area contributed by atoms with Crippen molar-refractivity contribution in [2.45, 2.75) is 0 Å². The quantitative estimate of drug-likeness (QED) is 0.125. The highest BCUT2D eigenvalue weighted by atomic mass is 31.2. The van der Waals surface area contributed by atoms with Crippen molar-refractivity contribution in [2.75, 3.05) is 0 Å². The first kappa shape index (κ1) is 30.1. The van der Waals surface area contributed by atoms with Crippen molar-refractivity contribution < 1.29 is 17.6 Å². The average Bonchev–Trinajstić information content (AvgIpc) is 3.10. The van der Waals surface area contributed by atoms with Gasteiger partial charge in [-0.2, -0.15) is 0 Å². The highest BCUT2D eigenvalue weighted by Gasteiger charge is 2.60. The fourth-order valence-electron chi connectivity index (χ4n) is 6.32. The maximum absolute atomic E-state index is 14.5. The van der Waals surface area contributed by atoms with E-state index in [-0.39, 0.29) is 23.3 Å². The molecule has 46 heavy (non-hydrogen) atoms. The van der Waals surface area contributed by atoms with Crippen LogP contribution in [0.4, 0.5) is 17.6 Å². The lowest BCUT2D eigenvalue weighted by molar-refractivity contribution is 0.627. The fourth-order valence-corrected chi connectivity index (χ4v) is 16.0. The van der Waals surface area contributed by atoms with E-state index in [1.54, 1.807) is 0 Å². The third-order valence-corrected chi connectivity index (χ3v) is 16.9. The number of benzene rings is 6. The van der Waals surface area contributed by atoms with Crippen molar-refractivity contribution in [3.8, 4) is 0 Å². The summed E-state index contributed by atoms with van der Waals surface area (Å²) in [5.74, 6) is 3.24. The van der Waals surface area contributed by atoms with Crippen LogP contribution in [-0.4, -0.2) is 0 Å². The highest BCUT2D eigenvalue weighted by Crippen LogP contribution is 2.82. The fraction of sp³-hybridized carbons (Fsp3) is 0. The summed E-state index contributed by atoms with van der Waals surface area (Å²) in [6.07, 6.45) is 0. The number of rotatable bonds is 6. The molecule has 1 aliphatic rings. The maximum Gasteiger partial charge on any atom is 0.152 e. The van der Waals surface area contributed by atoms with Gasteiger partial charge >= 0.3 is 0 Å². The van der Waals surface area contributed by atoms with E-state index in [9.17, 15) is 17.6 Å². The summed E-state index contributed by atoms with van der Waals surface area (Å²) in [5, 5.41) is 5.63. The minimum Gasteiger partial charge on any atom is -0.207 e. The summed E-state index contributed by atoms with van der Waals surface area (Å²) in [4.78, 5) is 0. The van der Waals surface area contributed by atoms with Gasteiger partial charge in [0, 0.05) is 11.1 Å². The molecule has 0 nitrogen and oxygen atoms in total. The molecule has 0 spiro atoms. The van der Waals surface area contributed by atoms with Gasteiger partial charge in [0.15, 0.2) is 10.6 Å². The molecule has 6 aromatic rings. The van der Waals surface area contributed by atoms with E-state index in [0.717, 1.165) is 43.0 Å². The van der Waals surface area contributed by atoms with Gasteiger partial charge in [-0.1, -0.05) is 60.7 Å². The van der Waals surface area contributed by atoms with Crippen molar-refractivity contribution in [2.24, 2.45) is 0 Å². The van der Waals surface area contributed by atoms with Gasteiger partial charge in [-0.3, -0.25) is 0 Å². The van der Waals surface area contributed by atoms with Crippen molar-refractivity contribution in [3.63, 3.8) is 0 Å². The molecular weight excluding hydrogens is 618 g/mol. The minimum atomic E-state index is -2.78. The maximum atomic E-state index is 14.5. The Morgan fingerprint density at radius 3 is 0.761 bits per heavy atom. The predicted octanol–water partition coefficient (Wildman–Crippen LogP) is 9.89. The molecule has 224 valence electrons.